The van der Waals surface area contributed by atoms with Crippen LogP contribution < -0.4 is 48.7 Å². The molecule has 1 rings (SSSR count). The lowest BCUT2D eigenvalue weighted by Crippen LogP contribution is -2.59. The van der Waals surface area contributed by atoms with E-state index in [1.54, 1.807) is 0 Å². The number of likely N-dealkylation sites (tertiary alicyclic amines) is 1. The van der Waals surface area contributed by atoms with Crippen LogP contribution in [0.1, 0.15) is 25.7 Å². The number of aliphatic carboxylic acids is 1. The summed E-state index contributed by atoms with van der Waals surface area (Å²) >= 11 is 0. The third kappa shape index (κ3) is 14.7. The van der Waals surface area contributed by atoms with Crippen LogP contribution in [0.15, 0.2) is 0 Å². The van der Waals surface area contributed by atoms with E-state index in [1.165, 1.54) is 0 Å². The highest BCUT2D eigenvalue weighted by atomic mass is 16.4. The summed E-state index contributed by atoms with van der Waals surface area (Å²) in [6, 6.07) is -5.56. The van der Waals surface area contributed by atoms with Gasteiger partial charge < -0.3 is 68.9 Å². The SMILES string of the molecule is N=C(N)NCCC[C@H](NC(=O)[C@H](CO)NC(=O)CNC(=O)CN)C(=O)N[C@@H](CO)C(=O)N1CCC[C@H]1C(=O)NCC(=O)NCC(=O)O. The van der Waals surface area contributed by atoms with Crippen LogP contribution in [-0.4, -0.2) is 150 Å². The van der Waals surface area contributed by atoms with Crippen LogP contribution in [0.4, 0.5) is 0 Å². The number of amides is 7. The van der Waals surface area contributed by atoms with Gasteiger partial charge in [-0.3, -0.25) is 43.8 Å². The van der Waals surface area contributed by atoms with Crippen molar-refractivity contribution in [1.82, 2.24) is 42.1 Å². The van der Waals surface area contributed by atoms with E-state index in [0.717, 1.165) is 4.90 Å². The lowest BCUT2D eigenvalue weighted by molar-refractivity contribution is -0.143. The Morgan fingerprint density at radius 1 is 0.787 bits per heavy atom. The van der Waals surface area contributed by atoms with Crippen LogP contribution in [0.5, 0.6) is 0 Å². The number of hydrogen-bond donors (Lipinski definition) is 13. The molecule has 0 radical (unpaired) electrons. The normalized spacial score (nSPS) is 15.6. The Hall–Kier alpha value is -5.09. The zero-order valence-electron chi connectivity index (χ0n) is 25.5. The Morgan fingerprint density at radius 2 is 1.38 bits per heavy atom. The molecule has 0 spiro atoms. The number of aliphatic hydroxyl groups excluding tert-OH is 2. The van der Waals surface area contributed by atoms with Crippen molar-refractivity contribution in [3.05, 3.63) is 0 Å². The first kappa shape index (κ1) is 39.9. The number of nitrogens with two attached hydrogens (primary N) is 2. The first-order chi connectivity index (χ1) is 22.2. The summed E-state index contributed by atoms with van der Waals surface area (Å²) in [5.74, 6) is -7.39. The van der Waals surface area contributed by atoms with Crippen molar-refractivity contribution < 1.29 is 53.7 Å². The van der Waals surface area contributed by atoms with Crippen molar-refractivity contribution in [1.29, 1.82) is 5.41 Å². The Balaban J connectivity index is 2.95. The number of guanidine groups is 1. The molecule has 0 aromatic rings. The fourth-order valence-corrected chi connectivity index (χ4v) is 4.24. The maximum Gasteiger partial charge on any atom is 0.322 e. The van der Waals surface area contributed by atoms with Gasteiger partial charge in [-0.1, -0.05) is 0 Å². The number of rotatable bonds is 20. The number of carboxylic acids is 1. The van der Waals surface area contributed by atoms with Gasteiger partial charge in [-0.15, -0.1) is 0 Å². The van der Waals surface area contributed by atoms with Gasteiger partial charge in [0, 0.05) is 13.1 Å². The highest BCUT2D eigenvalue weighted by Gasteiger charge is 2.38. The van der Waals surface area contributed by atoms with Crippen LogP contribution in [0.25, 0.3) is 0 Å². The highest BCUT2D eigenvalue weighted by Crippen LogP contribution is 2.18. The number of aliphatic hydroxyl groups is 2. The van der Waals surface area contributed by atoms with Crippen LogP contribution >= 0.6 is 0 Å². The summed E-state index contributed by atoms with van der Waals surface area (Å²) in [6.07, 6.45) is 0.645. The van der Waals surface area contributed by atoms with Gasteiger partial charge in [0.15, 0.2) is 5.96 Å². The largest absolute Gasteiger partial charge is 0.480 e. The summed E-state index contributed by atoms with van der Waals surface area (Å²) in [6.45, 7) is -3.74. The summed E-state index contributed by atoms with van der Waals surface area (Å²) in [5, 5.41) is 51.5. The molecule has 0 saturated carbocycles. The molecule has 1 fully saturated rings. The minimum Gasteiger partial charge on any atom is -0.480 e. The third-order valence-electron chi connectivity index (χ3n) is 6.58. The Labute approximate surface area is 268 Å². The zero-order chi connectivity index (χ0) is 35.5. The van der Waals surface area contributed by atoms with Gasteiger partial charge in [-0.25, -0.2) is 0 Å². The third-order valence-corrected chi connectivity index (χ3v) is 6.58. The van der Waals surface area contributed by atoms with Crippen molar-refractivity contribution in [2.24, 2.45) is 11.5 Å². The molecule has 47 heavy (non-hydrogen) atoms. The molecule has 1 aliphatic rings. The predicted molar refractivity (Wildman–Crippen MR) is 160 cm³/mol. The molecule has 0 unspecified atom stereocenters. The molecule has 0 aliphatic carbocycles. The van der Waals surface area contributed by atoms with Crippen molar-refractivity contribution in [3.63, 3.8) is 0 Å². The van der Waals surface area contributed by atoms with E-state index in [2.05, 4.69) is 37.2 Å². The van der Waals surface area contributed by atoms with Crippen LogP contribution in [-0.2, 0) is 38.4 Å². The number of carbonyl (C=O) groups excluding carboxylic acids is 7. The molecule has 1 saturated heterocycles. The molecule has 7 amide bonds. The summed E-state index contributed by atoms with van der Waals surface area (Å²) in [7, 11) is 0. The van der Waals surface area contributed by atoms with E-state index in [0.29, 0.717) is 6.42 Å². The van der Waals surface area contributed by atoms with Gasteiger partial charge in [0.2, 0.25) is 41.4 Å². The molecule has 264 valence electrons. The monoisotopic (exact) mass is 673 g/mol. The lowest BCUT2D eigenvalue weighted by atomic mass is 10.1. The second-order valence-corrected chi connectivity index (χ2v) is 10.1. The molecule has 1 heterocycles. The maximum atomic E-state index is 13.3. The fraction of sp³-hybridized carbons (Fsp3) is 0.640. The topological polar surface area (TPSA) is 361 Å². The van der Waals surface area contributed by atoms with Gasteiger partial charge >= 0.3 is 5.97 Å². The number of nitrogens with one attached hydrogen (secondary N) is 8. The van der Waals surface area contributed by atoms with E-state index in [-0.39, 0.29) is 44.9 Å². The molecule has 0 bridgehead atoms. The zero-order valence-corrected chi connectivity index (χ0v) is 25.5. The van der Waals surface area contributed by atoms with Crippen LogP contribution in [0.2, 0.25) is 0 Å². The van der Waals surface area contributed by atoms with E-state index >= 15 is 0 Å². The van der Waals surface area contributed by atoms with Gasteiger partial charge in [-0.05, 0) is 25.7 Å². The standard InChI is InChI=1S/C25H43N11O11/c26-7-17(39)30-9-19(41)33-14(11-37)22(45)34-13(3-1-5-29-25(27)28)21(44)35-15(12-38)24(47)36-6-2-4-16(36)23(46)32-8-18(40)31-10-20(42)43/h13-16,37-38H,1-12,26H2,(H,30,39)(H,31,40)(H,32,46)(H,33,41)(H,34,45)(H,35,44)(H,42,43)(H4,27,28,29)/t13-,14-,15-,16-/m0/s1. The smallest absolute Gasteiger partial charge is 0.322 e. The molecule has 22 heteroatoms. The van der Waals surface area contributed by atoms with Crippen LogP contribution in [0.3, 0.4) is 0 Å². The van der Waals surface area contributed by atoms with Gasteiger partial charge in [0.05, 0.1) is 32.8 Å². The second kappa shape index (κ2) is 20.8. The summed E-state index contributed by atoms with van der Waals surface area (Å²) in [4.78, 5) is 99.0. The number of nitrogens with zero attached hydrogens (tertiary/aromatic N) is 1. The predicted octanol–water partition coefficient (Wildman–Crippen LogP) is -7.93. The van der Waals surface area contributed by atoms with Crippen molar-refractivity contribution in [2.45, 2.75) is 49.9 Å². The quantitative estimate of drug-likeness (QED) is 0.0324. The lowest BCUT2D eigenvalue weighted by Gasteiger charge is -2.29. The number of carbonyl (C=O) groups is 8. The molecular formula is C25H43N11O11. The Morgan fingerprint density at radius 3 is 1.98 bits per heavy atom. The van der Waals surface area contributed by atoms with Gasteiger partial charge in [-0.2, -0.15) is 0 Å². The minimum absolute atomic E-state index is 0.0784. The number of carboxylic acid groups (broad SMARTS) is 1. The molecule has 0 aromatic heterocycles. The minimum atomic E-state index is -1.57. The van der Waals surface area contributed by atoms with E-state index in [4.69, 9.17) is 22.0 Å². The maximum absolute atomic E-state index is 13.3. The van der Waals surface area contributed by atoms with E-state index in [9.17, 15) is 48.6 Å². The van der Waals surface area contributed by atoms with E-state index < -0.39 is 104 Å². The molecule has 15 N–H and O–H groups in total. The highest BCUT2D eigenvalue weighted by molar-refractivity contribution is 5.96. The Bertz CT molecular complexity index is 1170. The first-order valence-electron chi connectivity index (χ1n) is 14.5. The van der Waals surface area contributed by atoms with Crippen molar-refractivity contribution in [3.8, 4) is 0 Å². The fourth-order valence-electron chi connectivity index (χ4n) is 4.24. The van der Waals surface area contributed by atoms with Crippen molar-refractivity contribution in [2.75, 3.05) is 52.5 Å². The molecule has 4 atom stereocenters. The van der Waals surface area contributed by atoms with E-state index in [1.807, 2.05) is 0 Å². The average molecular weight is 674 g/mol. The first-order valence-corrected chi connectivity index (χ1v) is 14.5. The average Bonchev–Trinajstić information content (AvgIpc) is 3.53. The van der Waals surface area contributed by atoms with Crippen molar-refractivity contribution >= 4 is 53.3 Å². The van der Waals surface area contributed by atoms with Gasteiger partial charge in [0.1, 0.15) is 30.7 Å². The molecular weight excluding hydrogens is 630 g/mol. The molecule has 22 nitrogen and oxygen atoms in total. The van der Waals surface area contributed by atoms with Crippen LogP contribution in [0, 0.1) is 5.41 Å². The second-order valence-electron chi connectivity index (χ2n) is 10.1. The number of hydrogen-bond acceptors (Lipinski definition) is 12. The summed E-state index contributed by atoms with van der Waals surface area (Å²) in [5.41, 5.74) is 10.4. The Kier molecular flexibility index (Phi) is 17.7. The molecule has 1 aliphatic heterocycles. The van der Waals surface area contributed by atoms with Gasteiger partial charge in [0.25, 0.3) is 0 Å². The summed E-state index contributed by atoms with van der Waals surface area (Å²) < 4.78 is 0. The molecule has 0 aromatic carbocycles.